The number of benzene rings is 2. The molecule has 0 aromatic heterocycles. The molecule has 2 aromatic rings. The molecular weight excluding hydrogens is 333 g/mol. The fourth-order valence-corrected chi connectivity index (χ4v) is 3.22. The normalized spacial score (nSPS) is 17.3. The standard InChI is InChI=1S/C21H20FNO3/c1-12(2)19(24)17-18(14-7-4-6-13(3)10-14)23(21(26)20(17)25)16-9-5-8-15(22)11-16/h4-12,18,25H,1-3H3. The first-order valence-electron chi connectivity index (χ1n) is 8.44. The van der Waals surface area contributed by atoms with E-state index < -0.39 is 23.5 Å². The summed E-state index contributed by atoms with van der Waals surface area (Å²) in [5.74, 6) is -2.46. The van der Waals surface area contributed by atoms with Crippen molar-refractivity contribution in [3.8, 4) is 0 Å². The number of hydrogen-bond acceptors (Lipinski definition) is 3. The van der Waals surface area contributed by atoms with Crippen molar-refractivity contribution in [2.45, 2.75) is 26.8 Å². The Morgan fingerprint density at radius 3 is 2.46 bits per heavy atom. The van der Waals surface area contributed by atoms with Crippen LogP contribution in [0.4, 0.5) is 10.1 Å². The summed E-state index contributed by atoms with van der Waals surface area (Å²) in [6, 6.07) is 12.2. The van der Waals surface area contributed by atoms with Gasteiger partial charge in [0.25, 0.3) is 5.91 Å². The van der Waals surface area contributed by atoms with Crippen LogP contribution in [-0.4, -0.2) is 16.8 Å². The van der Waals surface area contributed by atoms with Gasteiger partial charge in [-0.25, -0.2) is 4.39 Å². The average molecular weight is 353 g/mol. The molecule has 1 unspecified atom stereocenters. The Balaban J connectivity index is 2.21. The molecule has 26 heavy (non-hydrogen) atoms. The zero-order valence-electron chi connectivity index (χ0n) is 14.9. The van der Waals surface area contributed by atoms with E-state index >= 15 is 0 Å². The van der Waals surface area contributed by atoms with Crippen molar-refractivity contribution < 1.29 is 19.1 Å². The molecule has 134 valence electrons. The number of aliphatic hydroxyl groups is 1. The number of ketones is 1. The lowest BCUT2D eigenvalue weighted by Crippen LogP contribution is -2.31. The number of anilines is 1. The molecule has 0 saturated carbocycles. The number of rotatable bonds is 4. The van der Waals surface area contributed by atoms with Crippen LogP contribution in [0.2, 0.25) is 0 Å². The van der Waals surface area contributed by atoms with Crippen LogP contribution in [0.3, 0.4) is 0 Å². The minimum absolute atomic E-state index is 0.0554. The molecule has 0 saturated heterocycles. The maximum Gasteiger partial charge on any atom is 0.294 e. The van der Waals surface area contributed by atoms with Gasteiger partial charge in [-0.3, -0.25) is 14.5 Å². The topological polar surface area (TPSA) is 57.6 Å². The third-order valence-corrected chi connectivity index (χ3v) is 4.44. The van der Waals surface area contributed by atoms with E-state index in [2.05, 4.69) is 0 Å². The lowest BCUT2D eigenvalue weighted by molar-refractivity contribution is -0.119. The first-order valence-corrected chi connectivity index (χ1v) is 8.44. The quantitative estimate of drug-likeness (QED) is 0.893. The van der Waals surface area contributed by atoms with Crippen LogP contribution >= 0.6 is 0 Å². The van der Waals surface area contributed by atoms with Crippen LogP contribution in [0.5, 0.6) is 0 Å². The van der Waals surface area contributed by atoms with Gasteiger partial charge in [-0.1, -0.05) is 49.7 Å². The Kier molecular flexibility index (Phi) is 4.64. The van der Waals surface area contributed by atoms with Crippen molar-refractivity contribution in [1.82, 2.24) is 0 Å². The van der Waals surface area contributed by atoms with Crippen LogP contribution in [0.1, 0.15) is 31.0 Å². The lowest BCUT2D eigenvalue weighted by Gasteiger charge is -2.27. The van der Waals surface area contributed by atoms with Crippen molar-refractivity contribution in [2.75, 3.05) is 4.90 Å². The van der Waals surface area contributed by atoms with E-state index in [0.29, 0.717) is 11.3 Å². The maximum atomic E-state index is 13.7. The van der Waals surface area contributed by atoms with Crippen molar-refractivity contribution in [2.24, 2.45) is 5.92 Å². The van der Waals surface area contributed by atoms with Gasteiger partial charge in [-0.2, -0.15) is 0 Å². The minimum Gasteiger partial charge on any atom is -0.503 e. The van der Waals surface area contributed by atoms with Crippen molar-refractivity contribution in [3.05, 3.63) is 76.8 Å². The van der Waals surface area contributed by atoms with Gasteiger partial charge in [0, 0.05) is 11.6 Å². The highest BCUT2D eigenvalue weighted by Gasteiger charge is 2.44. The second kappa shape index (κ2) is 6.75. The Morgan fingerprint density at radius 1 is 1.15 bits per heavy atom. The number of nitrogens with zero attached hydrogens (tertiary/aromatic N) is 1. The van der Waals surface area contributed by atoms with Crippen molar-refractivity contribution >= 4 is 17.4 Å². The largest absolute Gasteiger partial charge is 0.503 e. The third-order valence-electron chi connectivity index (χ3n) is 4.44. The van der Waals surface area contributed by atoms with Crippen LogP contribution in [0, 0.1) is 18.7 Å². The lowest BCUT2D eigenvalue weighted by atomic mass is 9.90. The van der Waals surface area contributed by atoms with Crippen LogP contribution in [0.25, 0.3) is 0 Å². The second-order valence-corrected chi connectivity index (χ2v) is 6.75. The molecule has 4 nitrogen and oxygen atoms in total. The second-order valence-electron chi connectivity index (χ2n) is 6.75. The molecule has 0 fully saturated rings. The number of halogens is 1. The number of aliphatic hydroxyl groups excluding tert-OH is 1. The molecule has 2 aromatic carbocycles. The molecule has 0 spiro atoms. The van der Waals surface area contributed by atoms with Crippen LogP contribution in [0.15, 0.2) is 59.9 Å². The van der Waals surface area contributed by atoms with Gasteiger partial charge >= 0.3 is 0 Å². The molecule has 1 N–H and O–H groups in total. The Morgan fingerprint density at radius 2 is 1.85 bits per heavy atom. The molecule has 1 aliphatic rings. The van der Waals surface area contributed by atoms with E-state index in [1.165, 1.54) is 23.1 Å². The average Bonchev–Trinajstić information content (AvgIpc) is 2.85. The minimum atomic E-state index is -0.793. The van der Waals surface area contributed by atoms with Crippen LogP contribution in [-0.2, 0) is 9.59 Å². The zero-order valence-corrected chi connectivity index (χ0v) is 14.9. The Bertz CT molecular complexity index is 917. The summed E-state index contributed by atoms with van der Waals surface area (Å²) in [5, 5.41) is 10.5. The third kappa shape index (κ3) is 3.01. The zero-order chi connectivity index (χ0) is 19.0. The van der Waals surface area contributed by atoms with Gasteiger partial charge in [0.05, 0.1) is 11.6 Å². The van der Waals surface area contributed by atoms with Crippen molar-refractivity contribution in [3.63, 3.8) is 0 Å². The van der Waals surface area contributed by atoms with Gasteiger partial charge < -0.3 is 5.11 Å². The van der Waals surface area contributed by atoms with Gasteiger partial charge in [0.15, 0.2) is 11.5 Å². The highest BCUT2D eigenvalue weighted by Crippen LogP contribution is 2.42. The fraction of sp³-hybridized carbons (Fsp3) is 0.238. The van der Waals surface area contributed by atoms with E-state index in [4.69, 9.17) is 0 Å². The van der Waals surface area contributed by atoms with E-state index in [-0.39, 0.29) is 17.3 Å². The van der Waals surface area contributed by atoms with E-state index in [1.807, 2.05) is 25.1 Å². The van der Waals surface area contributed by atoms with Gasteiger partial charge in [-0.15, -0.1) is 0 Å². The number of carbonyl (C=O) groups excluding carboxylic acids is 2. The van der Waals surface area contributed by atoms with E-state index in [1.54, 1.807) is 26.0 Å². The SMILES string of the molecule is Cc1cccc(C2C(C(=O)C(C)C)=C(O)C(=O)N2c2cccc(F)c2)c1. The van der Waals surface area contributed by atoms with E-state index in [0.717, 1.165) is 5.56 Å². The van der Waals surface area contributed by atoms with Gasteiger partial charge in [-0.05, 0) is 30.7 Å². The Labute approximate surface area is 151 Å². The summed E-state index contributed by atoms with van der Waals surface area (Å²) in [5.41, 5.74) is 1.99. The number of Topliss-reactive ketones (excluding diaryl/α,β-unsaturated/α-hetero) is 1. The molecule has 0 aliphatic carbocycles. The fourth-order valence-electron chi connectivity index (χ4n) is 3.22. The summed E-state index contributed by atoms with van der Waals surface area (Å²) < 4.78 is 13.7. The maximum absolute atomic E-state index is 13.7. The van der Waals surface area contributed by atoms with Gasteiger partial charge in [0.2, 0.25) is 0 Å². The van der Waals surface area contributed by atoms with Crippen LogP contribution < -0.4 is 4.90 Å². The highest BCUT2D eigenvalue weighted by molar-refractivity contribution is 6.16. The summed E-state index contributed by atoms with van der Waals surface area (Å²) in [4.78, 5) is 26.8. The number of aryl methyl sites for hydroxylation is 1. The Hall–Kier alpha value is -2.95. The predicted octanol–water partition coefficient (Wildman–Crippen LogP) is 4.26. The summed E-state index contributed by atoms with van der Waals surface area (Å²) in [6.45, 7) is 5.33. The highest BCUT2D eigenvalue weighted by atomic mass is 19.1. The molecule has 3 rings (SSSR count). The van der Waals surface area contributed by atoms with Gasteiger partial charge in [0.1, 0.15) is 5.82 Å². The molecule has 1 heterocycles. The molecule has 0 bridgehead atoms. The first-order chi connectivity index (χ1) is 12.3. The smallest absolute Gasteiger partial charge is 0.294 e. The summed E-state index contributed by atoms with van der Waals surface area (Å²) in [7, 11) is 0. The molecule has 1 amide bonds. The van der Waals surface area contributed by atoms with Crippen molar-refractivity contribution in [1.29, 1.82) is 0 Å². The number of carbonyl (C=O) groups is 2. The molecule has 5 heteroatoms. The molecule has 1 atom stereocenters. The first kappa shape index (κ1) is 17.9. The molecule has 1 aliphatic heterocycles. The van der Waals surface area contributed by atoms with E-state index in [9.17, 15) is 19.1 Å². The summed E-state index contributed by atoms with van der Waals surface area (Å²) >= 11 is 0. The number of hydrogen-bond donors (Lipinski definition) is 1. The monoisotopic (exact) mass is 353 g/mol. The molecule has 0 radical (unpaired) electrons. The molecular formula is C21H20FNO3. The predicted molar refractivity (Wildman–Crippen MR) is 97.3 cm³/mol. The number of amides is 1. The summed E-state index contributed by atoms with van der Waals surface area (Å²) in [6.07, 6.45) is 0.